The van der Waals surface area contributed by atoms with Crippen molar-refractivity contribution in [1.29, 1.82) is 0 Å². The minimum absolute atomic E-state index is 0.0979. The van der Waals surface area contributed by atoms with Crippen molar-refractivity contribution in [2.24, 2.45) is 0 Å². The predicted octanol–water partition coefficient (Wildman–Crippen LogP) is 5.11. The molecule has 2 rings (SSSR count). The Morgan fingerprint density at radius 1 is 1.00 bits per heavy atom. The molecular weight excluding hydrogens is 296 g/mol. The fraction of sp³-hybridized carbons (Fsp3) is 0.700. The number of imidazole rings is 2. The molecule has 0 saturated heterocycles. The van der Waals surface area contributed by atoms with Crippen molar-refractivity contribution in [2.75, 3.05) is 0 Å². The molecule has 2 aromatic heterocycles. The maximum atomic E-state index is 4.64. The van der Waals surface area contributed by atoms with Crippen LogP contribution in [0.15, 0.2) is 25.0 Å². The normalized spacial score (nSPS) is 14.1. The molecule has 0 aromatic carbocycles. The van der Waals surface area contributed by atoms with Crippen LogP contribution in [-0.4, -0.2) is 19.1 Å². The number of hydrogen-bond donors (Lipinski definition) is 0. The van der Waals surface area contributed by atoms with Crippen molar-refractivity contribution in [1.82, 2.24) is 19.1 Å². The lowest BCUT2D eigenvalue weighted by atomic mass is 9.83. The van der Waals surface area contributed by atoms with E-state index in [1.165, 1.54) is 5.69 Å². The summed E-state index contributed by atoms with van der Waals surface area (Å²) in [6, 6.07) is 0.450. The third kappa shape index (κ3) is 4.49. The van der Waals surface area contributed by atoms with E-state index < -0.39 is 0 Å². The molecule has 4 nitrogen and oxygen atoms in total. The monoisotopic (exact) mass is 330 g/mol. The molecule has 1 atom stereocenters. The van der Waals surface area contributed by atoms with Crippen LogP contribution in [0.5, 0.6) is 0 Å². The summed E-state index contributed by atoms with van der Waals surface area (Å²) < 4.78 is 4.46. The molecule has 0 saturated carbocycles. The number of aryl methyl sites for hydroxylation is 1. The molecule has 4 heteroatoms. The van der Waals surface area contributed by atoms with Crippen molar-refractivity contribution in [3.63, 3.8) is 0 Å². The lowest BCUT2D eigenvalue weighted by Gasteiger charge is -2.25. The number of rotatable bonds is 7. The summed E-state index contributed by atoms with van der Waals surface area (Å²) in [6.07, 6.45) is 11.7. The van der Waals surface area contributed by atoms with Gasteiger partial charge in [-0.2, -0.15) is 0 Å². The molecule has 2 heterocycles. The van der Waals surface area contributed by atoms with Gasteiger partial charge in [0.1, 0.15) is 0 Å². The molecule has 0 aliphatic rings. The topological polar surface area (TPSA) is 35.6 Å². The molecule has 0 amide bonds. The number of hydrogen-bond acceptors (Lipinski definition) is 2. The van der Waals surface area contributed by atoms with Gasteiger partial charge in [0.25, 0.3) is 0 Å². The van der Waals surface area contributed by atoms with Crippen LogP contribution >= 0.6 is 0 Å². The Morgan fingerprint density at radius 2 is 1.67 bits per heavy atom. The number of nitrogens with zero attached hydrogens (tertiary/aromatic N) is 4. The van der Waals surface area contributed by atoms with E-state index in [9.17, 15) is 0 Å². The molecule has 0 N–H and O–H groups in total. The SMILES string of the molecule is CCCn1cnc(C(C)(C)CCC(C)n2cnc(C(C)(C)C)c2)c1. The first-order valence-electron chi connectivity index (χ1n) is 9.19. The van der Waals surface area contributed by atoms with Crippen molar-refractivity contribution < 1.29 is 0 Å². The van der Waals surface area contributed by atoms with Gasteiger partial charge in [-0.15, -0.1) is 0 Å². The standard InChI is InChI=1S/C20H34N4/c1-8-11-23-12-18(21-14-23)20(6,7)10-9-16(2)24-13-17(22-15-24)19(3,4)5/h12-16H,8-11H2,1-7H3. The maximum Gasteiger partial charge on any atom is 0.0952 e. The highest BCUT2D eigenvalue weighted by atomic mass is 15.1. The quantitative estimate of drug-likeness (QED) is 0.707. The van der Waals surface area contributed by atoms with Crippen molar-refractivity contribution in [2.45, 2.75) is 91.1 Å². The summed E-state index contributed by atoms with van der Waals surface area (Å²) in [5.74, 6) is 0. The van der Waals surface area contributed by atoms with Crippen molar-refractivity contribution in [3.8, 4) is 0 Å². The average molecular weight is 331 g/mol. The van der Waals surface area contributed by atoms with Crippen LogP contribution in [0.1, 0.15) is 85.2 Å². The first-order chi connectivity index (χ1) is 11.1. The van der Waals surface area contributed by atoms with Gasteiger partial charge in [-0.25, -0.2) is 9.97 Å². The van der Waals surface area contributed by atoms with E-state index in [4.69, 9.17) is 0 Å². The zero-order valence-electron chi connectivity index (χ0n) is 16.5. The van der Waals surface area contributed by atoms with Gasteiger partial charge in [0, 0.05) is 35.8 Å². The molecule has 0 aliphatic heterocycles. The van der Waals surface area contributed by atoms with Crippen LogP contribution in [0.4, 0.5) is 0 Å². The first-order valence-corrected chi connectivity index (χ1v) is 9.19. The Balaban J connectivity index is 1.98. The first kappa shape index (κ1) is 18.8. The molecular formula is C20H34N4. The molecule has 0 spiro atoms. The van der Waals surface area contributed by atoms with Gasteiger partial charge in [0.05, 0.1) is 24.0 Å². The highest BCUT2D eigenvalue weighted by Gasteiger charge is 2.25. The van der Waals surface area contributed by atoms with Crippen LogP contribution < -0.4 is 0 Å². The van der Waals surface area contributed by atoms with E-state index in [0.717, 1.165) is 31.5 Å². The fourth-order valence-corrected chi connectivity index (χ4v) is 2.90. The van der Waals surface area contributed by atoms with Crippen LogP contribution in [0.2, 0.25) is 0 Å². The number of aromatic nitrogens is 4. The van der Waals surface area contributed by atoms with E-state index in [1.54, 1.807) is 0 Å². The Bertz CT molecular complexity index is 643. The lowest BCUT2D eigenvalue weighted by molar-refractivity contribution is 0.388. The van der Waals surface area contributed by atoms with Crippen molar-refractivity contribution >= 4 is 0 Å². The Morgan fingerprint density at radius 3 is 2.25 bits per heavy atom. The van der Waals surface area contributed by atoms with E-state index in [-0.39, 0.29) is 10.8 Å². The summed E-state index contributed by atoms with van der Waals surface area (Å²) in [5.41, 5.74) is 2.56. The molecule has 134 valence electrons. The molecule has 0 radical (unpaired) electrons. The molecule has 0 aliphatic carbocycles. The third-order valence-corrected chi connectivity index (χ3v) is 4.87. The van der Waals surface area contributed by atoms with Gasteiger partial charge in [-0.05, 0) is 26.2 Å². The van der Waals surface area contributed by atoms with Gasteiger partial charge in [0.2, 0.25) is 0 Å². The summed E-state index contributed by atoms with van der Waals surface area (Å²) in [6.45, 7) is 16.7. The van der Waals surface area contributed by atoms with E-state index in [1.807, 2.05) is 12.7 Å². The van der Waals surface area contributed by atoms with Gasteiger partial charge < -0.3 is 9.13 Å². The molecule has 2 aromatic rings. The van der Waals surface area contributed by atoms with Crippen LogP contribution in [0, 0.1) is 0 Å². The fourth-order valence-electron chi connectivity index (χ4n) is 2.90. The van der Waals surface area contributed by atoms with Gasteiger partial charge in [-0.1, -0.05) is 41.5 Å². The second-order valence-electron chi connectivity index (χ2n) is 8.72. The van der Waals surface area contributed by atoms with Crippen LogP contribution in [0.3, 0.4) is 0 Å². The molecule has 0 bridgehead atoms. The van der Waals surface area contributed by atoms with E-state index >= 15 is 0 Å². The largest absolute Gasteiger partial charge is 0.337 e. The van der Waals surface area contributed by atoms with Gasteiger partial charge in [-0.3, -0.25) is 0 Å². The minimum Gasteiger partial charge on any atom is -0.337 e. The summed E-state index contributed by atoms with van der Waals surface area (Å²) in [7, 11) is 0. The lowest BCUT2D eigenvalue weighted by Crippen LogP contribution is -2.19. The second kappa shape index (κ2) is 7.12. The highest BCUT2D eigenvalue weighted by Crippen LogP contribution is 2.30. The second-order valence-corrected chi connectivity index (χ2v) is 8.72. The Labute approximate surface area is 147 Å². The predicted molar refractivity (Wildman–Crippen MR) is 100 cm³/mol. The summed E-state index contributed by atoms with van der Waals surface area (Å²) in [5, 5.41) is 0. The molecule has 0 fully saturated rings. The Hall–Kier alpha value is -1.58. The Kier molecular flexibility index (Phi) is 5.56. The van der Waals surface area contributed by atoms with Gasteiger partial charge in [0.15, 0.2) is 0 Å². The average Bonchev–Trinajstić information content (AvgIpc) is 3.14. The van der Waals surface area contributed by atoms with Crippen molar-refractivity contribution in [3.05, 3.63) is 36.4 Å². The minimum atomic E-state index is 0.0979. The van der Waals surface area contributed by atoms with E-state index in [0.29, 0.717) is 6.04 Å². The van der Waals surface area contributed by atoms with Crippen LogP contribution in [0.25, 0.3) is 0 Å². The molecule has 24 heavy (non-hydrogen) atoms. The zero-order chi connectivity index (χ0) is 18.0. The van der Waals surface area contributed by atoms with E-state index in [2.05, 4.69) is 80.0 Å². The van der Waals surface area contributed by atoms with Crippen LogP contribution in [-0.2, 0) is 17.4 Å². The summed E-state index contributed by atoms with van der Waals surface area (Å²) >= 11 is 0. The zero-order valence-corrected chi connectivity index (χ0v) is 16.5. The third-order valence-electron chi connectivity index (χ3n) is 4.87. The van der Waals surface area contributed by atoms with Gasteiger partial charge >= 0.3 is 0 Å². The highest BCUT2D eigenvalue weighted by molar-refractivity contribution is 5.12. The maximum absolute atomic E-state index is 4.64. The smallest absolute Gasteiger partial charge is 0.0952 e. The summed E-state index contributed by atoms with van der Waals surface area (Å²) in [4.78, 5) is 9.22. The molecule has 1 unspecified atom stereocenters.